The number of esters is 1. The van der Waals surface area contributed by atoms with Gasteiger partial charge in [0.1, 0.15) is 0 Å². The lowest BCUT2D eigenvalue weighted by molar-refractivity contribution is 0.0490. The van der Waals surface area contributed by atoms with Gasteiger partial charge in [-0.1, -0.05) is 13.3 Å². The molecule has 0 atom stereocenters. The molecule has 0 aromatic carbocycles. The van der Waals surface area contributed by atoms with E-state index in [4.69, 9.17) is 4.74 Å². The second-order valence-corrected chi connectivity index (χ2v) is 2.76. The van der Waals surface area contributed by atoms with E-state index in [1.807, 2.05) is 6.92 Å². The Morgan fingerprint density at radius 3 is 3.07 bits per heavy atom. The normalized spacial score (nSPS) is 9.79. The van der Waals surface area contributed by atoms with Gasteiger partial charge >= 0.3 is 5.97 Å². The summed E-state index contributed by atoms with van der Waals surface area (Å²) in [7, 11) is 0. The topological polar surface area (TPSA) is 72.0 Å². The molecule has 5 nitrogen and oxygen atoms in total. The van der Waals surface area contributed by atoms with Crippen LogP contribution in [0.2, 0.25) is 0 Å². The fourth-order valence-corrected chi connectivity index (χ4v) is 0.875. The number of rotatable bonds is 4. The molecule has 1 N–H and O–H groups in total. The largest absolute Gasteiger partial charge is 0.461 e. The first kappa shape index (κ1) is 10.4. The van der Waals surface area contributed by atoms with Crippen molar-refractivity contribution >= 4 is 5.97 Å². The number of hydrogen-bond donors (Lipinski definition) is 1. The van der Waals surface area contributed by atoms with Crippen LogP contribution in [0.4, 0.5) is 0 Å². The number of nitrogens with one attached hydrogen (secondary N) is 1. The smallest absolute Gasteiger partial charge is 0.362 e. The number of aromatic nitrogens is 2. The Balaban J connectivity index is 2.61. The third-order valence-electron chi connectivity index (χ3n) is 1.63. The molecule has 1 rings (SSSR count). The number of H-pyrrole nitrogens is 1. The first-order valence-corrected chi connectivity index (χ1v) is 4.46. The van der Waals surface area contributed by atoms with Gasteiger partial charge in [-0.2, -0.15) is 0 Å². The molecule has 1 heterocycles. The monoisotopic (exact) mass is 196 g/mol. The molecule has 0 saturated heterocycles. The highest BCUT2D eigenvalue weighted by Crippen LogP contribution is 1.93. The highest BCUT2D eigenvalue weighted by molar-refractivity contribution is 5.86. The van der Waals surface area contributed by atoms with Crippen LogP contribution in [0.25, 0.3) is 0 Å². The van der Waals surface area contributed by atoms with Crippen LogP contribution in [-0.4, -0.2) is 22.5 Å². The number of nitrogens with zero attached hydrogens (tertiary/aromatic N) is 1. The van der Waals surface area contributed by atoms with Gasteiger partial charge in [-0.15, -0.1) is 0 Å². The van der Waals surface area contributed by atoms with Crippen molar-refractivity contribution in [2.45, 2.75) is 19.8 Å². The van der Waals surface area contributed by atoms with Crippen LogP contribution in [-0.2, 0) is 4.74 Å². The zero-order chi connectivity index (χ0) is 10.4. The van der Waals surface area contributed by atoms with Gasteiger partial charge in [-0.25, -0.2) is 9.78 Å². The van der Waals surface area contributed by atoms with E-state index in [1.54, 1.807) is 0 Å². The van der Waals surface area contributed by atoms with Crippen molar-refractivity contribution in [3.63, 3.8) is 0 Å². The third-order valence-corrected chi connectivity index (χ3v) is 1.63. The Bertz CT molecular complexity index is 359. The maximum absolute atomic E-state index is 11.2. The van der Waals surface area contributed by atoms with Crippen LogP contribution in [0.15, 0.2) is 17.2 Å². The highest BCUT2D eigenvalue weighted by atomic mass is 16.5. The van der Waals surface area contributed by atoms with Crippen molar-refractivity contribution in [3.8, 4) is 0 Å². The lowest BCUT2D eigenvalue weighted by atomic mass is 10.3. The Morgan fingerprint density at radius 2 is 2.43 bits per heavy atom. The molecule has 0 fully saturated rings. The maximum Gasteiger partial charge on any atom is 0.362 e. The summed E-state index contributed by atoms with van der Waals surface area (Å²) in [5.41, 5.74) is -0.711. The van der Waals surface area contributed by atoms with Crippen LogP contribution in [0.1, 0.15) is 30.3 Å². The van der Waals surface area contributed by atoms with Gasteiger partial charge in [-0.3, -0.25) is 4.79 Å². The van der Waals surface area contributed by atoms with E-state index in [0.29, 0.717) is 6.61 Å². The zero-order valence-corrected chi connectivity index (χ0v) is 7.95. The summed E-state index contributed by atoms with van der Waals surface area (Å²) in [4.78, 5) is 28.3. The summed E-state index contributed by atoms with van der Waals surface area (Å²) in [5, 5.41) is 0. The van der Waals surface area contributed by atoms with Crippen molar-refractivity contribution in [1.82, 2.24) is 9.97 Å². The van der Waals surface area contributed by atoms with Crippen molar-refractivity contribution in [2.24, 2.45) is 0 Å². The van der Waals surface area contributed by atoms with Gasteiger partial charge in [0.2, 0.25) is 5.69 Å². The number of carbonyl (C=O) groups excluding carboxylic acids is 1. The lowest BCUT2D eigenvalue weighted by Gasteiger charge is -2.01. The Hall–Kier alpha value is -1.65. The molecule has 1 aromatic heterocycles. The average molecular weight is 196 g/mol. The van der Waals surface area contributed by atoms with E-state index >= 15 is 0 Å². The Labute approximate surface area is 81.1 Å². The van der Waals surface area contributed by atoms with Crippen LogP contribution >= 0.6 is 0 Å². The molecule has 5 heteroatoms. The molecule has 0 aliphatic carbocycles. The van der Waals surface area contributed by atoms with E-state index in [9.17, 15) is 9.59 Å². The minimum atomic E-state index is -0.666. The number of unbranched alkanes of at least 4 members (excludes halogenated alkanes) is 1. The van der Waals surface area contributed by atoms with E-state index in [2.05, 4.69) is 9.97 Å². The summed E-state index contributed by atoms with van der Waals surface area (Å²) in [6.45, 7) is 2.31. The summed E-state index contributed by atoms with van der Waals surface area (Å²) in [6.07, 6.45) is 4.44. The van der Waals surface area contributed by atoms with Crippen molar-refractivity contribution < 1.29 is 9.53 Å². The lowest BCUT2D eigenvalue weighted by Crippen LogP contribution is -2.21. The minimum absolute atomic E-state index is 0.191. The van der Waals surface area contributed by atoms with Gasteiger partial charge in [0.05, 0.1) is 6.61 Å². The standard InChI is InChI=1S/C9H12N2O3/c1-2-3-6-14-9(13)7-8(12)11-5-4-10-7/h4-5H,2-3,6H2,1H3,(H,11,12). The van der Waals surface area contributed by atoms with Crippen molar-refractivity contribution in [2.75, 3.05) is 6.61 Å². The Morgan fingerprint density at radius 1 is 1.64 bits per heavy atom. The first-order valence-electron chi connectivity index (χ1n) is 4.46. The number of aromatic amines is 1. The van der Waals surface area contributed by atoms with Gasteiger partial charge < -0.3 is 9.72 Å². The average Bonchev–Trinajstić information content (AvgIpc) is 2.18. The molecule has 14 heavy (non-hydrogen) atoms. The van der Waals surface area contributed by atoms with E-state index in [1.165, 1.54) is 12.4 Å². The molecule has 0 radical (unpaired) electrons. The molecule has 0 aliphatic heterocycles. The predicted molar refractivity (Wildman–Crippen MR) is 50.0 cm³/mol. The van der Waals surface area contributed by atoms with Crippen molar-refractivity contribution in [3.05, 3.63) is 28.4 Å². The fraction of sp³-hybridized carbons (Fsp3) is 0.444. The quantitative estimate of drug-likeness (QED) is 0.569. The van der Waals surface area contributed by atoms with Crippen LogP contribution in [0.5, 0.6) is 0 Å². The van der Waals surface area contributed by atoms with Crippen molar-refractivity contribution in [1.29, 1.82) is 0 Å². The van der Waals surface area contributed by atoms with E-state index in [0.717, 1.165) is 12.8 Å². The SMILES string of the molecule is CCCCOC(=O)c1ncc[nH]c1=O. The number of carbonyl (C=O) groups is 1. The predicted octanol–water partition coefficient (Wildman–Crippen LogP) is 0.727. The minimum Gasteiger partial charge on any atom is -0.461 e. The second kappa shape index (κ2) is 5.16. The summed E-state index contributed by atoms with van der Waals surface area (Å²) in [6, 6.07) is 0. The molecule has 0 amide bonds. The van der Waals surface area contributed by atoms with Crippen LogP contribution < -0.4 is 5.56 Å². The molecule has 0 bridgehead atoms. The third kappa shape index (κ3) is 2.69. The fourth-order valence-electron chi connectivity index (χ4n) is 0.875. The van der Waals surface area contributed by atoms with E-state index < -0.39 is 11.5 Å². The van der Waals surface area contributed by atoms with Crippen LogP contribution in [0.3, 0.4) is 0 Å². The Kier molecular flexibility index (Phi) is 3.84. The van der Waals surface area contributed by atoms with Gasteiger partial charge in [0.25, 0.3) is 5.56 Å². The number of ether oxygens (including phenoxy) is 1. The van der Waals surface area contributed by atoms with Crippen LogP contribution in [0, 0.1) is 0 Å². The number of hydrogen-bond acceptors (Lipinski definition) is 4. The zero-order valence-electron chi connectivity index (χ0n) is 7.95. The summed E-state index contributed by atoms with van der Waals surface area (Å²) < 4.78 is 4.83. The molecule has 1 aromatic rings. The molecule has 76 valence electrons. The second-order valence-electron chi connectivity index (χ2n) is 2.76. The molecular formula is C9H12N2O3. The molecule has 0 spiro atoms. The van der Waals surface area contributed by atoms with Gasteiger partial charge in [-0.05, 0) is 6.42 Å². The molecule has 0 saturated carbocycles. The molecule has 0 unspecified atom stereocenters. The summed E-state index contributed by atoms with van der Waals surface area (Å²) in [5.74, 6) is -0.666. The maximum atomic E-state index is 11.2. The van der Waals surface area contributed by atoms with E-state index in [-0.39, 0.29) is 5.69 Å². The van der Waals surface area contributed by atoms with Gasteiger partial charge in [0, 0.05) is 12.4 Å². The first-order chi connectivity index (χ1) is 6.75. The van der Waals surface area contributed by atoms with Gasteiger partial charge in [0.15, 0.2) is 0 Å². The molecular weight excluding hydrogens is 184 g/mol. The highest BCUT2D eigenvalue weighted by Gasteiger charge is 2.12. The molecule has 0 aliphatic rings. The summed E-state index contributed by atoms with van der Waals surface area (Å²) >= 11 is 0.